The largest absolute Gasteiger partial charge is 0.416 e. The molecule has 0 unspecified atom stereocenters. The second-order valence-electron chi connectivity index (χ2n) is 9.58. The van der Waals surface area contributed by atoms with E-state index in [1.165, 1.54) is 22.8 Å². The van der Waals surface area contributed by atoms with Crippen LogP contribution in [0.15, 0.2) is 53.7 Å². The van der Waals surface area contributed by atoms with E-state index in [0.29, 0.717) is 18.7 Å². The second-order valence-corrected chi connectivity index (χ2v) is 11.1. The number of pyridine rings is 1. The average Bonchev–Trinajstić information content (AvgIpc) is 3.36. The summed E-state index contributed by atoms with van der Waals surface area (Å²) in [7, 11) is -2.34. The van der Waals surface area contributed by atoms with Crippen molar-refractivity contribution in [3.05, 3.63) is 77.0 Å². The molecule has 0 radical (unpaired) electrons. The van der Waals surface area contributed by atoms with Gasteiger partial charge in [-0.25, -0.2) is 18.5 Å². The molecular formula is C26H24F3N9O3S. The summed E-state index contributed by atoms with van der Waals surface area (Å²) < 4.78 is 67.5. The van der Waals surface area contributed by atoms with Crippen LogP contribution >= 0.6 is 0 Å². The Labute approximate surface area is 238 Å². The number of nitrogens with two attached hydrogens (primary N) is 1. The van der Waals surface area contributed by atoms with Gasteiger partial charge in [-0.3, -0.25) is 9.69 Å². The molecule has 1 aromatic carbocycles. The number of hydrogen-bond donors (Lipinski definition) is 2. The number of rotatable bonds is 5. The number of carbonyl (C=O) groups is 1. The van der Waals surface area contributed by atoms with Gasteiger partial charge in [0, 0.05) is 56.4 Å². The predicted molar refractivity (Wildman–Crippen MR) is 145 cm³/mol. The number of sulfonamides is 1. The van der Waals surface area contributed by atoms with Gasteiger partial charge in [-0.05, 0) is 48.9 Å². The number of primary sulfonamides is 1. The minimum Gasteiger partial charge on any atom is -0.321 e. The van der Waals surface area contributed by atoms with Crippen LogP contribution in [0, 0.1) is 11.8 Å². The zero-order chi connectivity index (χ0) is 30.1. The normalized spacial score (nSPS) is 14.9. The van der Waals surface area contributed by atoms with Gasteiger partial charge in [0.2, 0.25) is 15.8 Å². The number of halogens is 3. The molecule has 0 spiro atoms. The molecule has 4 aromatic rings. The van der Waals surface area contributed by atoms with E-state index in [0.717, 1.165) is 31.4 Å². The van der Waals surface area contributed by atoms with E-state index in [-0.39, 0.29) is 34.9 Å². The van der Waals surface area contributed by atoms with Gasteiger partial charge in [0.1, 0.15) is 10.6 Å². The van der Waals surface area contributed by atoms with Crippen LogP contribution in [-0.2, 0) is 22.7 Å². The summed E-state index contributed by atoms with van der Waals surface area (Å²) in [5.41, 5.74) is -0.961. The third-order valence-electron chi connectivity index (χ3n) is 6.56. The smallest absolute Gasteiger partial charge is 0.321 e. The van der Waals surface area contributed by atoms with Crippen molar-refractivity contribution in [2.24, 2.45) is 5.14 Å². The third-order valence-corrected chi connectivity index (χ3v) is 7.50. The maximum Gasteiger partial charge on any atom is 0.416 e. The van der Waals surface area contributed by atoms with Gasteiger partial charge in [-0.15, -0.1) is 10.2 Å². The van der Waals surface area contributed by atoms with E-state index in [9.17, 15) is 26.4 Å². The van der Waals surface area contributed by atoms with E-state index in [1.54, 1.807) is 12.1 Å². The quantitative estimate of drug-likeness (QED) is 0.326. The number of piperazine rings is 1. The number of amides is 1. The Kier molecular flexibility index (Phi) is 7.93. The average molecular weight is 600 g/mol. The molecule has 4 heterocycles. The Bertz CT molecular complexity index is 1820. The summed E-state index contributed by atoms with van der Waals surface area (Å²) in [4.78, 5) is 20.4. The Morgan fingerprint density at radius 3 is 2.57 bits per heavy atom. The van der Waals surface area contributed by atoms with Crippen molar-refractivity contribution in [3.63, 3.8) is 0 Å². The summed E-state index contributed by atoms with van der Waals surface area (Å²) in [6.07, 6.45) is -2.31. The van der Waals surface area contributed by atoms with Gasteiger partial charge in [0.15, 0.2) is 5.65 Å². The Balaban J connectivity index is 1.42. The Morgan fingerprint density at radius 2 is 1.86 bits per heavy atom. The fraction of sp³-hybridized carbons (Fsp3) is 0.269. The number of anilines is 1. The van der Waals surface area contributed by atoms with E-state index in [2.05, 4.69) is 42.3 Å². The van der Waals surface area contributed by atoms with Gasteiger partial charge >= 0.3 is 6.18 Å². The van der Waals surface area contributed by atoms with Crippen LogP contribution in [0.2, 0.25) is 0 Å². The molecule has 1 saturated heterocycles. The highest BCUT2D eigenvalue weighted by atomic mass is 32.2. The molecule has 1 amide bonds. The molecule has 218 valence electrons. The highest BCUT2D eigenvalue weighted by Crippen LogP contribution is 2.34. The third kappa shape index (κ3) is 6.55. The topological polar surface area (TPSA) is 152 Å². The monoisotopic (exact) mass is 599 g/mol. The van der Waals surface area contributed by atoms with Gasteiger partial charge in [0.25, 0.3) is 5.91 Å². The molecule has 3 aromatic heterocycles. The first-order valence-electron chi connectivity index (χ1n) is 12.5. The van der Waals surface area contributed by atoms with Crippen molar-refractivity contribution in [2.75, 3.05) is 38.5 Å². The number of carbonyl (C=O) groups excluding carboxylic acids is 1. The first-order chi connectivity index (χ1) is 19.9. The van der Waals surface area contributed by atoms with Gasteiger partial charge < -0.3 is 10.2 Å². The minimum absolute atomic E-state index is 0.0881. The lowest BCUT2D eigenvalue weighted by Gasteiger charge is -2.33. The molecule has 0 bridgehead atoms. The molecule has 5 rings (SSSR count). The fourth-order valence-corrected chi connectivity index (χ4v) is 4.95. The van der Waals surface area contributed by atoms with E-state index in [4.69, 9.17) is 5.14 Å². The minimum atomic E-state index is -4.65. The number of benzene rings is 1. The standard InChI is InChI=1S/C26H24F3N9O3S/c1-36-9-11-37(12-10-36)16-18-4-6-19(14-20(18)26(27,28)29)33-25(39)21-13-17(22(15-31-21)42(30,40)41)5-7-24-35-34-23-3-2-8-32-38(23)24/h2-4,6,8,13-15H,9-12,16H2,1H3,(H,33,39)(H2,30,40,41). The molecule has 16 heteroatoms. The van der Waals surface area contributed by atoms with Gasteiger partial charge in [-0.1, -0.05) is 12.0 Å². The predicted octanol–water partition coefficient (Wildman–Crippen LogP) is 1.59. The maximum absolute atomic E-state index is 14.0. The summed E-state index contributed by atoms with van der Waals surface area (Å²) >= 11 is 0. The van der Waals surface area contributed by atoms with Crippen molar-refractivity contribution >= 4 is 27.3 Å². The van der Waals surface area contributed by atoms with Gasteiger partial charge in [-0.2, -0.15) is 22.8 Å². The summed E-state index contributed by atoms with van der Waals surface area (Å²) in [5.74, 6) is 4.45. The molecule has 1 fully saturated rings. The van der Waals surface area contributed by atoms with Crippen LogP contribution in [0.4, 0.5) is 18.9 Å². The molecule has 1 aliphatic rings. The zero-order valence-corrected chi connectivity index (χ0v) is 22.9. The van der Waals surface area contributed by atoms with Crippen molar-refractivity contribution < 1.29 is 26.4 Å². The van der Waals surface area contributed by atoms with Crippen LogP contribution in [0.25, 0.3) is 5.65 Å². The zero-order valence-electron chi connectivity index (χ0n) is 22.1. The van der Waals surface area contributed by atoms with Crippen LogP contribution in [0.1, 0.15) is 33.0 Å². The number of fused-ring (bicyclic) bond motifs is 1. The van der Waals surface area contributed by atoms with E-state index >= 15 is 0 Å². The SMILES string of the molecule is CN1CCN(Cc2ccc(NC(=O)c3cc(C#Cc4nnc5cccnn45)c(S(N)(=O)=O)cn3)cc2C(F)(F)F)CC1. The first kappa shape index (κ1) is 29.1. The van der Waals surface area contributed by atoms with Crippen molar-refractivity contribution in [3.8, 4) is 11.8 Å². The molecule has 1 aliphatic heterocycles. The highest BCUT2D eigenvalue weighted by Gasteiger charge is 2.34. The lowest BCUT2D eigenvalue weighted by atomic mass is 10.0. The second kappa shape index (κ2) is 11.4. The molecular weight excluding hydrogens is 575 g/mol. The van der Waals surface area contributed by atoms with Gasteiger partial charge in [0.05, 0.1) is 5.56 Å². The molecule has 12 nitrogen and oxygen atoms in total. The summed E-state index contributed by atoms with van der Waals surface area (Å²) in [5, 5.41) is 19.6. The van der Waals surface area contributed by atoms with Crippen molar-refractivity contribution in [2.45, 2.75) is 17.6 Å². The number of likely N-dealkylation sites (N-methyl/N-ethyl adjacent to an activating group) is 1. The summed E-state index contributed by atoms with van der Waals surface area (Å²) in [6.45, 7) is 2.91. The van der Waals surface area contributed by atoms with Crippen molar-refractivity contribution in [1.82, 2.24) is 34.6 Å². The van der Waals surface area contributed by atoms with Crippen LogP contribution in [0.3, 0.4) is 0 Å². The molecule has 0 aliphatic carbocycles. The fourth-order valence-electron chi connectivity index (χ4n) is 4.33. The lowest BCUT2D eigenvalue weighted by Crippen LogP contribution is -2.44. The van der Waals surface area contributed by atoms with E-state index < -0.39 is 32.6 Å². The van der Waals surface area contributed by atoms with Crippen LogP contribution in [-0.4, -0.2) is 82.1 Å². The number of nitrogens with zero attached hydrogens (tertiary/aromatic N) is 7. The number of alkyl halides is 3. The van der Waals surface area contributed by atoms with Crippen LogP contribution < -0.4 is 10.5 Å². The van der Waals surface area contributed by atoms with Crippen molar-refractivity contribution in [1.29, 1.82) is 0 Å². The number of aromatic nitrogens is 5. The lowest BCUT2D eigenvalue weighted by molar-refractivity contribution is -0.138. The number of nitrogens with one attached hydrogen (secondary N) is 1. The Hall–Kier alpha value is -4.43. The molecule has 0 saturated carbocycles. The van der Waals surface area contributed by atoms with E-state index in [1.807, 2.05) is 11.9 Å². The first-order valence-corrected chi connectivity index (χ1v) is 14.1. The molecule has 42 heavy (non-hydrogen) atoms. The molecule has 0 atom stereocenters. The number of hydrogen-bond acceptors (Lipinski definition) is 9. The summed E-state index contributed by atoms with van der Waals surface area (Å²) in [6, 6.07) is 7.94. The Morgan fingerprint density at radius 1 is 1.10 bits per heavy atom. The van der Waals surface area contributed by atoms with Crippen LogP contribution in [0.5, 0.6) is 0 Å². The molecule has 3 N–H and O–H groups in total. The highest BCUT2D eigenvalue weighted by molar-refractivity contribution is 7.89. The maximum atomic E-state index is 14.0.